The van der Waals surface area contributed by atoms with Gasteiger partial charge in [-0.25, -0.2) is 9.48 Å². The molecule has 0 aliphatic carbocycles. The van der Waals surface area contributed by atoms with Crippen LogP contribution in [0, 0.1) is 0 Å². The van der Waals surface area contributed by atoms with Crippen LogP contribution in [0.1, 0.15) is 36.7 Å². The van der Waals surface area contributed by atoms with E-state index in [4.69, 9.17) is 4.74 Å². The topological polar surface area (TPSA) is 111 Å². The number of rotatable bonds is 7. The van der Waals surface area contributed by atoms with Crippen LogP contribution in [-0.4, -0.2) is 40.7 Å². The van der Waals surface area contributed by atoms with Crippen LogP contribution in [0.5, 0.6) is 0 Å². The van der Waals surface area contributed by atoms with Crippen molar-refractivity contribution in [2.24, 2.45) is 0 Å². The van der Waals surface area contributed by atoms with Gasteiger partial charge in [-0.1, -0.05) is 19.1 Å². The smallest absolute Gasteiger partial charge is 0.359 e. The summed E-state index contributed by atoms with van der Waals surface area (Å²) < 4.78 is 6.19. The highest BCUT2D eigenvalue weighted by molar-refractivity contribution is 6.02. The molecule has 0 radical (unpaired) electrons. The first-order valence-electron chi connectivity index (χ1n) is 9.44. The number of carbonyl (C=O) groups excluding carboxylic acids is 3. The monoisotopic (exact) mass is 398 g/mol. The molecule has 3 rings (SSSR count). The number of nitrogens with zero attached hydrogens (tertiary/aromatic N) is 3. The lowest BCUT2D eigenvalue weighted by atomic mass is 10.2. The molecule has 0 atom stereocenters. The summed E-state index contributed by atoms with van der Waals surface area (Å²) in [7, 11) is 0. The number of hydrogen-bond donors (Lipinski definition) is 1. The lowest BCUT2D eigenvalue weighted by Gasteiger charge is -2.19. The Labute approximate surface area is 167 Å². The first kappa shape index (κ1) is 20.2. The summed E-state index contributed by atoms with van der Waals surface area (Å²) in [6.07, 6.45) is 1.94. The SMILES string of the molecule is CCCn1nc(C(=O)OCC(=O)Nc2ccccc2N2CCCC2=O)ccc1=O. The van der Waals surface area contributed by atoms with E-state index < -0.39 is 18.5 Å². The molecule has 9 nitrogen and oxygen atoms in total. The van der Waals surface area contributed by atoms with Crippen LogP contribution in [0.25, 0.3) is 0 Å². The molecule has 2 amide bonds. The number of amides is 2. The van der Waals surface area contributed by atoms with E-state index in [9.17, 15) is 19.2 Å². The molecule has 1 aromatic carbocycles. The number of esters is 1. The van der Waals surface area contributed by atoms with Gasteiger partial charge in [0.1, 0.15) is 0 Å². The summed E-state index contributed by atoms with van der Waals surface area (Å²) in [4.78, 5) is 49.7. The Morgan fingerprint density at radius 3 is 2.69 bits per heavy atom. The predicted molar refractivity (Wildman–Crippen MR) is 106 cm³/mol. The van der Waals surface area contributed by atoms with Gasteiger partial charge in [0.25, 0.3) is 11.5 Å². The maximum absolute atomic E-state index is 12.3. The van der Waals surface area contributed by atoms with Gasteiger partial charge in [-0.2, -0.15) is 5.10 Å². The van der Waals surface area contributed by atoms with Crippen molar-refractivity contribution in [1.29, 1.82) is 0 Å². The molecule has 0 spiro atoms. The molecule has 29 heavy (non-hydrogen) atoms. The maximum atomic E-state index is 12.3. The number of carbonyl (C=O) groups is 3. The van der Waals surface area contributed by atoms with Crippen LogP contribution in [0.2, 0.25) is 0 Å². The number of anilines is 2. The van der Waals surface area contributed by atoms with Crippen LogP contribution in [-0.2, 0) is 20.9 Å². The van der Waals surface area contributed by atoms with Gasteiger partial charge in [0, 0.05) is 25.6 Å². The summed E-state index contributed by atoms with van der Waals surface area (Å²) in [6.45, 7) is 2.35. The number of aromatic nitrogens is 2. The van der Waals surface area contributed by atoms with E-state index in [2.05, 4.69) is 10.4 Å². The van der Waals surface area contributed by atoms with E-state index >= 15 is 0 Å². The highest BCUT2D eigenvalue weighted by Gasteiger charge is 2.24. The lowest BCUT2D eigenvalue weighted by Crippen LogP contribution is -2.28. The zero-order valence-electron chi connectivity index (χ0n) is 16.1. The fraction of sp³-hybridized carbons (Fsp3) is 0.350. The molecule has 1 fully saturated rings. The molecule has 9 heteroatoms. The normalized spacial score (nSPS) is 13.4. The molecule has 152 valence electrons. The van der Waals surface area contributed by atoms with E-state index in [0.29, 0.717) is 37.3 Å². The summed E-state index contributed by atoms with van der Waals surface area (Å²) in [5.74, 6) is -1.33. The van der Waals surface area contributed by atoms with Gasteiger partial charge in [-0.05, 0) is 31.0 Å². The molecular formula is C20H22N4O5. The standard InChI is InChI=1S/C20H22N4O5/c1-2-11-24-19(27)10-9-15(22-24)20(28)29-13-17(25)21-14-6-3-4-7-16(14)23-12-5-8-18(23)26/h3-4,6-7,9-10H,2,5,8,11-13H2,1H3,(H,21,25). The van der Waals surface area contributed by atoms with E-state index in [1.54, 1.807) is 29.2 Å². The van der Waals surface area contributed by atoms with E-state index in [1.165, 1.54) is 16.8 Å². The molecule has 2 aromatic rings. The summed E-state index contributed by atoms with van der Waals surface area (Å²) in [6, 6.07) is 9.47. The van der Waals surface area contributed by atoms with Crippen molar-refractivity contribution in [2.75, 3.05) is 23.4 Å². The average molecular weight is 398 g/mol. The van der Waals surface area contributed by atoms with Gasteiger partial charge >= 0.3 is 5.97 Å². The third-order valence-corrected chi connectivity index (χ3v) is 4.39. The fourth-order valence-corrected chi connectivity index (χ4v) is 3.04. The molecule has 0 unspecified atom stereocenters. The summed E-state index contributed by atoms with van der Waals surface area (Å²) >= 11 is 0. The number of nitrogens with one attached hydrogen (secondary N) is 1. The molecule has 1 aliphatic heterocycles. The average Bonchev–Trinajstić information content (AvgIpc) is 3.14. The molecule has 1 aromatic heterocycles. The van der Waals surface area contributed by atoms with Gasteiger partial charge in [0.15, 0.2) is 12.3 Å². The zero-order chi connectivity index (χ0) is 20.8. The Morgan fingerprint density at radius 1 is 1.17 bits per heavy atom. The Morgan fingerprint density at radius 2 is 1.97 bits per heavy atom. The number of hydrogen-bond acceptors (Lipinski definition) is 6. The van der Waals surface area contributed by atoms with Crippen LogP contribution >= 0.6 is 0 Å². The zero-order valence-corrected chi connectivity index (χ0v) is 16.1. The molecule has 1 N–H and O–H groups in total. The van der Waals surface area contributed by atoms with Crippen LogP contribution < -0.4 is 15.8 Å². The minimum atomic E-state index is -0.798. The van der Waals surface area contributed by atoms with E-state index in [0.717, 1.165) is 6.42 Å². The Balaban J connectivity index is 1.62. The minimum absolute atomic E-state index is 0.00593. The minimum Gasteiger partial charge on any atom is -0.451 e. The lowest BCUT2D eigenvalue weighted by molar-refractivity contribution is -0.119. The molecular weight excluding hydrogens is 376 g/mol. The quantitative estimate of drug-likeness (QED) is 0.709. The summed E-state index contributed by atoms with van der Waals surface area (Å²) in [5.41, 5.74) is 0.726. The Kier molecular flexibility index (Phi) is 6.38. The second kappa shape index (κ2) is 9.13. The van der Waals surface area contributed by atoms with Crippen LogP contribution in [0.15, 0.2) is 41.2 Å². The highest BCUT2D eigenvalue weighted by atomic mass is 16.5. The second-order valence-electron chi connectivity index (χ2n) is 6.57. The molecule has 1 aliphatic rings. The van der Waals surface area contributed by atoms with Gasteiger partial charge < -0.3 is 15.0 Å². The van der Waals surface area contributed by atoms with Crippen molar-refractivity contribution in [1.82, 2.24) is 9.78 Å². The van der Waals surface area contributed by atoms with Crippen LogP contribution in [0.3, 0.4) is 0 Å². The third kappa shape index (κ3) is 4.87. The van der Waals surface area contributed by atoms with Crippen molar-refractivity contribution in [3.05, 3.63) is 52.4 Å². The number of ether oxygens (including phenoxy) is 1. The Hall–Kier alpha value is -3.49. The van der Waals surface area contributed by atoms with E-state index in [1.807, 2.05) is 6.92 Å². The fourth-order valence-electron chi connectivity index (χ4n) is 3.04. The maximum Gasteiger partial charge on any atom is 0.359 e. The molecule has 2 heterocycles. The van der Waals surface area contributed by atoms with Crippen molar-refractivity contribution in [3.8, 4) is 0 Å². The Bertz CT molecular complexity index is 985. The van der Waals surface area contributed by atoms with Gasteiger partial charge in [0.05, 0.1) is 11.4 Å². The van der Waals surface area contributed by atoms with Gasteiger partial charge in [0.2, 0.25) is 5.91 Å². The number of benzene rings is 1. The number of para-hydroxylation sites is 2. The van der Waals surface area contributed by atoms with Gasteiger partial charge in [-0.3, -0.25) is 14.4 Å². The number of aryl methyl sites for hydroxylation is 1. The predicted octanol–water partition coefficient (Wildman–Crippen LogP) is 1.58. The van der Waals surface area contributed by atoms with Crippen molar-refractivity contribution in [2.45, 2.75) is 32.7 Å². The van der Waals surface area contributed by atoms with Crippen molar-refractivity contribution in [3.63, 3.8) is 0 Å². The van der Waals surface area contributed by atoms with Crippen LogP contribution in [0.4, 0.5) is 11.4 Å². The highest BCUT2D eigenvalue weighted by Crippen LogP contribution is 2.29. The molecule has 1 saturated heterocycles. The molecule has 0 saturated carbocycles. The van der Waals surface area contributed by atoms with Crippen molar-refractivity contribution >= 4 is 29.2 Å². The first-order valence-corrected chi connectivity index (χ1v) is 9.44. The van der Waals surface area contributed by atoms with Gasteiger partial charge in [-0.15, -0.1) is 0 Å². The summed E-state index contributed by atoms with van der Waals surface area (Å²) in [5, 5.41) is 6.62. The molecule has 0 bridgehead atoms. The largest absolute Gasteiger partial charge is 0.451 e. The van der Waals surface area contributed by atoms with E-state index in [-0.39, 0.29) is 17.2 Å². The first-order chi connectivity index (χ1) is 14.0. The second-order valence-corrected chi connectivity index (χ2v) is 6.57. The third-order valence-electron chi connectivity index (χ3n) is 4.39. The van der Waals surface area contributed by atoms with Crippen molar-refractivity contribution < 1.29 is 19.1 Å².